The van der Waals surface area contributed by atoms with Crippen molar-refractivity contribution in [3.8, 4) is 0 Å². The fraction of sp³-hybridized carbons (Fsp3) is 0.357. The normalized spacial score (nSPS) is 11.3. The molecule has 6 heteroatoms. The molecule has 0 atom stereocenters. The zero-order valence-electron chi connectivity index (χ0n) is 11.8. The molecule has 0 aromatic carbocycles. The van der Waals surface area contributed by atoms with Gasteiger partial charge in [0.15, 0.2) is 5.65 Å². The number of aryl methyl sites for hydroxylation is 3. The predicted molar refractivity (Wildman–Crippen MR) is 80.6 cm³/mol. The minimum absolute atomic E-state index is 0.788. The number of rotatable bonds is 4. The van der Waals surface area contributed by atoms with Crippen molar-refractivity contribution in [3.63, 3.8) is 0 Å². The summed E-state index contributed by atoms with van der Waals surface area (Å²) in [5.74, 6) is 0. The Hall–Kier alpha value is -1.79. The van der Waals surface area contributed by atoms with Crippen LogP contribution in [0.1, 0.15) is 21.1 Å². The van der Waals surface area contributed by atoms with Gasteiger partial charge in [0.1, 0.15) is 5.01 Å². The van der Waals surface area contributed by atoms with E-state index in [2.05, 4.69) is 33.4 Å². The summed E-state index contributed by atoms with van der Waals surface area (Å²) in [5, 5.41) is 10.0. The Morgan fingerprint density at radius 2 is 2.05 bits per heavy atom. The molecule has 104 valence electrons. The Kier molecular flexibility index (Phi) is 3.50. The topological polar surface area (TPSA) is 55.6 Å². The molecule has 3 heterocycles. The Morgan fingerprint density at radius 3 is 2.80 bits per heavy atom. The van der Waals surface area contributed by atoms with E-state index in [1.165, 1.54) is 10.4 Å². The fourth-order valence-electron chi connectivity index (χ4n) is 2.24. The molecule has 1 N–H and O–H groups in total. The molecule has 3 aromatic heterocycles. The van der Waals surface area contributed by atoms with Gasteiger partial charge in [-0.2, -0.15) is 5.10 Å². The van der Waals surface area contributed by atoms with Crippen molar-refractivity contribution in [1.29, 1.82) is 0 Å². The molecule has 0 bridgehead atoms. The molecule has 0 unspecified atom stereocenters. The smallest absolute Gasteiger partial charge is 0.157 e. The van der Waals surface area contributed by atoms with Gasteiger partial charge in [0, 0.05) is 42.8 Å². The second kappa shape index (κ2) is 5.30. The zero-order chi connectivity index (χ0) is 14.1. The molecular formula is C14H17N5S. The van der Waals surface area contributed by atoms with Gasteiger partial charge in [-0.1, -0.05) is 0 Å². The highest BCUT2D eigenvalue weighted by Gasteiger charge is 2.07. The third-order valence-corrected chi connectivity index (χ3v) is 4.11. The van der Waals surface area contributed by atoms with Gasteiger partial charge in [-0.25, -0.2) is 9.97 Å². The maximum absolute atomic E-state index is 4.48. The Morgan fingerprint density at radius 1 is 1.20 bits per heavy atom. The summed E-state index contributed by atoms with van der Waals surface area (Å²) in [6.07, 6.45) is 3.82. The van der Waals surface area contributed by atoms with Crippen LogP contribution in [0.15, 0.2) is 18.5 Å². The number of aromatic nitrogens is 4. The van der Waals surface area contributed by atoms with Gasteiger partial charge in [0.2, 0.25) is 0 Å². The molecule has 3 rings (SSSR count). The summed E-state index contributed by atoms with van der Waals surface area (Å²) in [6.45, 7) is 5.67. The number of pyridine rings is 1. The average Bonchev–Trinajstić information content (AvgIpc) is 2.95. The minimum Gasteiger partial charge on any atom is -0.306 e. The van der Waals surface area contributed by atoms with Crippen LogP contribution in [0.5, 0.6) is 0 Å². The number of thiazole rings is 1. The first-order valence-corrected chi connectivity index (χ1v) is 7.35. The molecule has 0 saturated heterocycles. The second-order valence-corrected chi connectivity index (χ2v) is 6.21. The van der Waals surface area contributed by atoms with Gasteiger partial charge >= 0.3 is 0 Å². The van der Waals surface area contributed by atoms with Crippen LogP contribution in [0.4, 0.5) is 0 Å². The summed E-state index contributed by atoms with van der Waals surface area (Å²) >= 11 is 1.73. The summed E-state index contributed by atoms with van der Waals surface area (Å²) in [5.41, 5.74) is 3.12. The van der Waals surface area contributed by atoms with Crippen molar-refractivity contribution in [2.45, 2.75) is 26.9 Å². The first kappa shape index (κ1) is 13.2. The maximum atomic E-state index is 4.48. The van der Waals surface area contributed by atoms with Crippen molar-refractivity contribution < 1.29 is 0 Å². The summed E-state index contributed by atoms with van der Waals surface area (Å²) in [7, 11) is 1.92. The molecule has 0 aliphatic heterocycles. The van der Waals surface area contributed by atoms with Crippen LogP contribution in [0.25, 0.3) is 11.0 Å². The Balaban J connectivity index is 1.70. The van der Waals surface area contributed by atoms with Gasteiger partial charge in [0.25, 0.3) is 0 Å². The number of hydrogen-bond donors (Lipinski definition) is 1. The molecule has 5 nitrogen and oxygen atoms in total. The van der Waals surface area contributed by atoms with Gasteiger partial charge in [0.05, 0.1) is 5.69 Å². The lowest BCUT2D eigenvalue weighted by molar-refractivity contribution is 0.688. The largest absolute Gasteiger partial charge is 0.306 e. The summed E-state index contributed by atoms with van der Waals surface area (Å²) in [6, 6.07) is 2.16. The lowest BCUT2D eigenvalue weighted by atomic mass is 10.2. The monoisotopic (exact) mass is 287 g/mol. The van der Waals surface area contributed by atoms with Gasteiger partial charge in [-0.3, -0.25) is 4.68 Å². The van der Waals surface area contributed by atoms with Crippen LogP contribution in [0.3, 0.4) is 0 Å². The second-order valence-electron chi connectivity index (χ2n) is 4.89. The molecule has 0 fully saturated rings. The lowest BCUT2D eigenvalue weighted by Gasteiger charge is -2.03. The maximum Gasteiger partial charge on any atom is 0.157 e. The quantitative estimate of drug-likeness (QED) is 0.800. The summed E-state index contributed by atoms with van der Waals surface area (Å²) < 4.78 is 1.82. The van der Waals surface area contributed by atoms with E-state index in [1.54, 1.807) is 11.3 Å². The highest BCUT2D eigenvalue weighted by atomic mass is 32.1. The van der Waals surface area contributed by atoms with Crippen molar-refractivity contribution in [2.75, 3.05) is 0 Å². The van der Waals surface area contributed by atoms with Crippen LogP contribution in [0.2, 0.25) is 0 Å². The van der Waals surface area contributed by atoms with Crippen molar-refractivity contribution in [3.05, 3.63) is 39.6 Å². The van der Waals surface area contributed by atoms with Crippen LogP contribution in [-0.2, 0) is 20.1 Å². The van der Waals surface area contributed by atoms with Crippen LogP contribution >= 0.6 is 11.3 Å². The highest BCUT2D eigenvalue weighted by Crippen LogP contribution is 2.16. The van der Waals surface area contributed by atoms with Crippen LogP contribution < -0.4 is 5.32 Å². The van der Waals surface area contributed by atoms with E-state index in [0.29, 0.717) is 0 Å². The van der Waals surface area contributed by atoms with Gasteiger partial charge in [-0.05, 0) is 25.5 Å². The first-order chi connectivity index (χ1) is 9.63. The molecule has 0 saturated carbocycles. The molecule has 3 aromatic rings. The third kappa shape index (κ3) is 2.57. The average molecular weight is 287 g/mol. The Bertz CT molecular complexity index is 743. The number of nitrogens with zero attached hydrogens (tertiary/aromatic N) is 4. The van der Waals surface area contributed by atoms with Crippen LogP contribution in [0, 0.1) is 13.8 Å². The van der Waals surface area contributed by atoms with E-state index in [0.717, 1.165) is 34.8 Å². The van der Waals surface area contributed by atoms with E-state index in [9.17, 15) is 0 Å². The van der Waals surface area contributed by atoms with Gasteiger partial charge in [-0.15, -0.1) is 11.3 Å². The van der Waals surface area contributed by atoms with Gasteiger partial charge < -0.3 is 5.32 Å². The first-order valence-electron chi connectivity index (χ1n) is 6.54. The van der Waals surface area contributed by atoms with E-state index in [4.69, 9.17) is 0 Å². The lowest BCUT2D eigenvalue weighted by Crippen LogP contribution is -2.12. The number of nitrogens with one attached hydrogen (secondary N) is 1. The third-order valence-electron chi connectivity index (χ3n) is 3.19. The number of hydrogen-bond acceptors (Lipinski definition) is 5. The standard InChI is InChI=1S/C14H17N5S/c1-9-5-16-13(20-9)8-15-6-11-4-12-10(2)18-19(3)14(12)17-7-11/h4-5,7,15H,6,8H2,1-3H3. The van der Waals surface area contributed by atoms with E-state index < -0.39 is 0 Å². The van der Waals surface area contributed by atoms with Crippen LogP contribution in [-0.4, -0.2) is 19.7 Å². The molecule has 0 aliphatic carbocycles. The summed E-state index contributed by atoms with van der Waals surface area (Å²) in [4.78, 5) is 10.1. The molecule has 0 aliphatic rings. The van der Waals surface area contributed by atoms with E-state index >= 15 is 0 Å². The molecule has 0 radical (unpaired) electrons. The molecule has 0 spiro atoms. The SMILES string of the molecule is Cc1cnc(CNCc2cnc3c(c2)c(C)nn3C)s1. The van der Waals surface area contributed by atoms with Crippen molar-refractivity contribution in [2.24, 2.45) is 7.05 Å². The minimum atomic E-state index is 0.788. The van der Waals surface area contributed by atoms with Crippen molar-refractivity contribution >= 4 is 22.4 Å². The highest BCUT2D eigenvalue weighted by molar-refractivity contribution is 7.11. The zero-order valence-corrected chi connectivity index (χ0v) is 12.7. The molecule has 0 amide bonds. The van der Waals surface area contributed by atoms with E-state index in [-0.39, 0.29) is 0 Å². The predicted octanol–water partition coefficient (Wildman–Crippen LogP) is 2.33. The number of fused-ring (bicyclic) bond motifs is 1. The molecular weight excluding hydrogens is 270 g/mol. The van der Waals surface area contributed by atoms with Crippen molar-refractivity contribution in [1.82, 2.24) is 25.1 Å². The fourth-order valence-corrected chi connectivity index (χ4v) is 3.00. The Labute approximate surface area is 121 Å². The molecule has 20 heavy (non-hydrogen) atoms. The van der Waals surface area contributed by atoms with E-state index in [1.807, 2.05) is 31.0 Å².